The van der Waals surface area contributed by atoms with Crippen LogP contribution in [0, 0.1) is 17.2 Å². The number of benzene rings is 1. The Morgan fingerprint density at radius 1 is 1.39 bits per heavy atom. The molecule has 1 fully saturated rings. The predicted octanol–water partition coefficient (Wildman–Crippen LogP) is 1.93. The third-order valence-corrected chi connectivity index (χ3v) is 5.85. The van der Waals surface area contributed by atoms with Crippen molar-refractivity contribution in [1.82, 2.24) is 4.31 Å². The predicted molar refractivity (Wildman–Crippen MR) is 76.7 cm³/mol. The number of halogens is 3. The van der Waals surface area contributed by atoms with Crippen LogP contribution in [0.5, 0.6) is 0 Å². The van der Waals surface area contributed by atoms with Gasteiger partial charge in [-0.15, -0.1) is 0 Å². The molecular weight excluding hydrogens is 331 g/mol. The average Bonchev–Trinajstić information content (AvgIpc) is 2.48. The lowest BCUT2D eigenvalue weighted by molar-refractivity contribution is -0.137. The molecule has 0 amide bonds. The second-order valence-electron chi connectivity index (χ2n) is 5.61. The molecule has 2 N–H and O–H groups in total. The molecule has 126 valence electrons. The van der Waals surface area contributed by atoms with E-state index in [9.17, 15) is 21.6 Å². The Morgan fingerprint density at radius 3 is 2.57 bits per heavy atom. The highest BCUT2D eigenvalue weighted by atomic mass is 32.2. The largest absolute Gasteiger partial charge is 0.417 e. The summed E-state index contributed by atoms with van der Waals surface area (Å²) in [6.07, 6.45) is -4.23. The van der Waals surface area contributed by atoms with Crippen molar-refractivity contribution < 1.29 is 21.6 Å². The number of nitrogens with zero attached hydrogens (tertiary/aromatic N) is 2. The molecule has 1 saturated heterocycles. The van der Waals surface area contributed by atoms with Crippen LogP contribution in [0.15, 0.2) is 23.1 Å². The molecule has 5 nitrogen and oxygen atoms in total. The summed E-state index contributed by atoms with van der Waals surface area (Å²) in [4.78, 5) is -0.315. The van der Waals surface area contributed by atoms with Gasteiger partial charge in [0.2, 0.25) is 10.0 Å². The van der Waals surface area contributed by atoms with Crippen molar-refractivity contribution in [2.45, 2.75) is 30.5 Å². The number of alkyl halides is 3. The highest BCUT2D eigenvalue weighted by Crippen LogP contribution is 2.33. The normalized spacial score (nSPS) is 23.5. The molecule has 1 aromatic rings. The second-order valence-corrected chi connectivity index (χ2v) is 7.55. The maximum atomic E-state index is 12.8. The molecule has 0 bridgehead atoms. The van der Waals surface area contributed by atoms with Gasteiger partial charge in [0.05, 0.1) is 22.1 Å². The molecule has 1 aromatic carbocycles. The first-order valence-corrected chi connectivity index (χ1v) is 8.38. The summed E-state index contributed by atoms with van der Waals surface area (Å²) in [7, 11) is -3.95. The summed E-state index contributed by atoms with van der Waals surface area (Å²) < 4.78 is 64.7. The Kier molecular flexibility index (Phi) is 4.71. The van der Waals surface area contributed by atoms with Gasteiger partial charge in [0, 0.05) is 19.1 Å². The Hall–Kier alpha value is -1.63. The van der Waals surface area contributed by atoms with E-state index in [0.29, 0.717) is 12.5 Å². The molecule has 1 aliphatic rings. The van der Waals surface area contributed by atoms with Crippen molar-refractivity contribution in [2.75, 3.05) is 13.1 Å². The Balaban J connectivity index is 2.40. The number of hydrogen-bond acceptors (Lipinski definition) is 4. The van der Waals surface area contributed by atoms with Gasteiger partial charge in [0.15, 0.2) is 0 Å². The van der Waals surface area contributed by atoms with E-state index in [1.54, 1.807) is 0 Å². The van der Waals surface area contributed by atoms with E-state index in [0.717, 1.165) is 12.1 Å². The molecule has 2 unspecified atom stereocenters. The zero-order valence-electron chi connectivity index (χ0n) is 12.3. The van der Waals surface area contributed by atoms with Gasteiger partial charge in [-0.25, -0.2) is 8.42 Å². The van der Waals surface area contributed by atoms with Gasteiger partial charge in [-0.3, -0.25) is 0 Å². The van der Waals surface area contributed by atoms with Crippen LogP contribution in [0.3, 0.4) is 0 Å². The van der Waals surface area contributed by atoms with Crippen molar-refractivity contribution in [2.24, 2.45) is 11.7 Å². The summed E-state index contributed by atoms with van der Waals surface area (Å²) in [6.45, 7) is 2.23. The van der Waals surface area contributed by atoms with Crippen LogP contribution in [-0.4, -0.2) is 31.9 Å². The minimum Gasteiger partial charge on any atom is -0.327 e. The molecule has 9 heteroatoms. The zero-order chi connectivity index (χ0) is 17.4. The van der Waals surface area contributed by atoms with E-state index in [-0.39, 0.29) is 29.9 Å². The maximum absolute atomic E-state index is 12.8. The third-order valence-electron chi connectivity index (χ3n) is 3.99. The Labute approximate surface area is 132 Å². The van der Waals surface area contributed by atoms with E-state index < -0.39 is 27.3 Å². The molecular formula is C14H16F3N3O2S. The lowest BCUT2D eigenvalue weighted by Crippen LogP contribution is -2.48. The monoisotopic (exact) mass is 347 g/mol. The average molecular weight is 347 g/mol. The van der Waals surface area contributed by atoms with E-state index in [1.807, 2.05) is 6.92 Å². The van der Waals surface area contributed by atoms with Crippen LogP contribution >= 0.6 is 0 Å². The molecule has 0 radical (unpaired) electrons. The fourth-order valence-electron chi connectivity index (χ4n) is 2.52. The fraction of sp³-hybridized carbons (Fsp3) is 0.500. The van der Waals surface area contributed by atoms with E-state index in [4.69, 9.17) is 11.0 Å². The van der Waals surface area contributed by atoms with Crippen LogP contribution < -0.4 is 5.73 Å². The maximum Gasteiger partial charge on any atom is 0.417 e. The van der Waals surface area contributed by atoms with Crippen LogP contribution in [0.1, 0.15) is 24.5 Å². The molecule has 2 rings (SSSR count). The summed E-state index contributed by atoms with van der Waals surface area (Å²) in [5.74, 6) is -0.0524. The quantitative estimate of drug-likeness (QED) is 0.886. The summed E-state index contributed by atoms with van der Waals surface area (Å²) in [6, 6.07) is 3.59. The van der Waals surface area contributed by atoms with E-state index >= 15 is 0 Å². The van der Waals surface area contributed by atoms with Gasteiger partial charge in [-0.2, -0.15) is 22.7 Å². The van der Waals surface area contributed by atoms with Gasteiger partial charge >= 0.3 is 6.18 Å². The molecule has 1 heterocycles. The first-order chi connectivity index (χ1) is 10.6. The first kappa shape index (κ1) is 17.7. The second kappa shape index (κ2) is 6.11. The van der Waals surface area contributed by atoms with Gasteiger partial charge in [0.25, 0.3) is 0 Å². The highest BCUT2D eigenvalue weighted by Gasteiger charge is 2.36. The lowest BCUT2D eigenvalue weighted by atomic mass is 9.96. The smallest absolute Gasteiger partial charge is 0.327 e. The van der Waals surface area contributed by atoms with Gasteiger partial charge in [-0.1, -0.05) is 6.92 Å². The SMILES string of the molecule is CC1CN(S(=O)(=O)c2ccc(C(F)(F)F)c(C#N)c2)CCC1N. The van der Waals surface area contributed by atoms with Crippen molar-refractivity contribution in [3.63, 3.8) is 0 Å². The third kappa shape index (κ3) is 3.49. The number of hydrogen-bond donors (Lipinski definition) is 1. The fourth-order valence-corrected chi connectivity index (χ4v) is 4.10. The molecule has 2 atom stereocenters. The first-order valence-electron chi connectivity index (χ1n) is 6.94. The summed E-state index contributed by atoms with van der Waals surface area (Å²) in [5, 5.41) is 8.88. The molecule has 0 spiro atoms. The number of nitriles is 1. The van der Waals surface area contributed by atoms with Crippen LogP contribution in [-0.2, 0) is 16.2 Å². The van der Waals surface area contributed by atoms with Crippen LogP contribution in [0.2, 0.25) is 0 Å². The van der Waals surface area contributed by atoms with Crippen LogP contribution in [0.4, 0.5) is 13.2 Å². The minimum absolute atomic E-state index is 0.0524. The number of piperidine rings is 1. The molecule has 1 aliphatic heterocycles. The van der Waals surface area contributed by atoms with Gasteiger partial charge < -0.3 is 5.73 Å². The Bertz CT molecular complexity index is 741. The van der Waals surface area contributed by atoms with Crippen molar-refractivity contribution in [3.8, 4) is 6.07 Å². The molecule has 0 aliphatic carbocycles. The minimum atomic E-state index is -4.71. The Morgan fingerprint density at radius 2 is 2.04 bits per heavy atom. The lowest BCUT2D eigenvalue weighted by Gasteiger charge is -2.34. The molecule has 23 heavy (non-hydrogen) atoms. The van der Waals surface area contributed by atoms with Crippen LogP contribution in [0.25, 0.3) is 0 Å². The van der Waals surface area contributed by atoms with Gasteiger partial charge in [-0.05, 0) is 30.5 Å². The summed E-state index contributed by atoms with van der Waals surface area (Å²) >= 11 is 0. The number of rotatable bonds is 2. The number of nitrogens with two attached hydrogens (primary N) is 1. The molecule has 0 aromatic heterocycles. The highest BCUT2D eigenvalue weighted by molar-refractivity contribution is 7.89. The number of sulfonamides is 1. The zero-order valence-corrected chi connectivity index (χ0v) is 13.2. The van der Waals surface area contributed by atoms with E-state index in [1.165, 1.54) is 10.4 Å². The van der Waals surface area contributed by atoms with Crippen molar-refractivity contribution >= 4 is 10.0 Å². The standard InChI is InChI=1S/C14H16F3N3O2S/c1-9-8-20(5-4-13(9)19)23(21,22)11-2-3-12(14(15,16)17)10(6-11)7-18/h2-3,6,9,13H,4-5,8,19H2,1H3. The topological polar surface area (TPSA) is 87.2 Å². The van der Waals surface area contributed by atoms with E-state index in [2.05, 4.69) is 0 Å². The van der Waals surface area contributed by atoms with Crippen molar-refractivity contribution in [1.29, 1.82) is 5.26 Å². The van der Waals surface area contributed by atoms with Gasteiger partial charge in [0.1, 0.15) is 0 Å². The molecule has 0 saturated carbocycles. The van der Waals surface area contributed by atoms with Crippen molar-refractivity contribution in [3.05, 3.63) is 29.3 Å². The summed E-state index contributed by atoms with van der Waals surface area (Å²) in [5.41, 5.74) is 3.99.